The summed E-state index contributed by atoms with van der Waals surface area (Å²) in [7, 11) is 3.57. The van der Waals surface area contributed by atoms with Crippen molar-refractivity contribution in [1.29, 1.82) is 0 Å². The summed E-state index contributed by atoms with van der Waals surface area (Å²) in [6.07, 6.45) is 2.65. The summed E-state index contributed by atoms with van der Waals surface area (Å²) in [5, 5.41) is 0. The van der Waals surface area contributed by atoms with Gasteiger partial charge in [0, 0.05) is 13.6 Å². The highest BCUT2D eigenvalue weighted by molar-refractivity contribution is 6.19. The van der Waals surface area contributed by atoms with Gasteiger partial charge in [-0.1, -0.05) is 11.9 Å². The SMILES string of the molecule is CCCN1C(=O)C2C(=Nc3n(C)c(C)c[n+]32)N(C)C1=O. The van der Waals surface area contributed by atoms with Gasteiger partial charge in [0.2, 0.25) is 11.9 Å². The second-order valence-electron chi connectivity index (χ2n) is 5.24. The van der Waals surface area contributed by atoms with Crippen molar-refractivity contribution in [1.82, 2.24) is 14.4 Å². The van der Waals surface area contributed by atoms with E-state index in [0.29, 0.717) is 18.3 Å². The number of likely N-dealkylation sites (N-methyl/N-ethyl adjacent to an activating group) is 1. The molecule has 7 nitrogen and oxygen atoms in total. The molecule has 1 unspecified atom stereocenters. The molecule has 3 amide bonds. The molecule has 1 atom stereocenters. The molecule has 1 fully saturated rings. The van der Waals surface area contributed by atoms with E-state index in [0.717, 1.165) is 12.1 Å². The molecule has 2 aliphatic heterocycles. The fraction of sp³-hybridized carbons (Fsp3) is 0.538. The van der Waals surface area contributed by atoms with Crippen molar-refractivity contribution in [2.75, 3.05) is 13.6 Å². The van der Waals surface area contributed by atoms with Crippen molar-refractivity contribution in [2.45, 2.75) is 26.3 Å². The first-order valence-corrected chi connectivity index (χ1v) is 6.72. The molecule has 1 saturated heterocycles. The molecule has 3 rings (SSSR count). The summed E-state index contributed by atoms with van der Waals surface area (Å²) >= 11 is 0. The predicted octanol–water partition coefficient (Wildman–Crippen LogP) is 0.510. The smallest absolute Gasteiger partial charge is 0.270 e. The minimum atomic E-state index is -0.515. The lowest BCUT2D eigenvalue weighted by atomic mass is 10.1. The van der Waals surface area contributed by atoms with E-state index in [9.17, 15) is 9.59 Å². The molecule has 0 aromatic carbocycles. The van der Waals surface area contributed by atoms with E-state index in [1.807, 2.05) is 36.2 Å². The molecule has 0 N–H and O–H groups in total. The van der Waals surface area contributed by atoms with Crippen LogP contribution in [-0.4, -0.2) is 45.7 Å². The van der Waals surface area contributed by atoms with Crippen molar-refractivity contribution in [3.63, 3.8) is 0 Å². The summed E-state index contributed by atoms with van der Waals surface area (Å²) in [6.45, 7) is 4.35. The maximum atomic E-state index is 12.6. The topological polar surface area (TPSA) is 61.8 Å². The number of aromatic nitrogens is 2. The zero-order valence-electron chi connectivity index (χ0n) is 12.1. The van der Waals surface area contributed by atoms with Crippen LogP contribution < -0.4 is 4.57 Å². The lowest BCUT2D eigenvalue weighted by Crippen LogP contribution is -2.62. The minimum Gasteiger partial charge on any atom is -0.270 e. The number of nitrogens with zero attached hydrogens (tertiary/aromatic N) is 5. The van der Waals surface area contributed by atoms with Crippen LogP contribution in [-0.2, 0) is 11.8 Å². The number of fused-ring (bicyclic) bond motifs is 3. The van der Waals surface area contributed by atoms with Crippen LogP contribution in [0.25, 0.3) is 0 Å². The second kappa shape index (κ2) is 4.16. The number of aliphatic imine (C=N–C) groups is 1. The fourth-order valence-electron chi connectivity index (χ4n) is 2.73. The largest absolute Gasteiger partial charge is 0.401 e. The third kappa shape index (κ3) is 1.46. The number of carbonyl (C=O) groups is 2. The van der Waals surface area contributed by atoms with Gasteiger partial charge in [0.1, 0.15) is 11.9 Å². The van der Waals surface area contributed by atoms with Crippen molar-refractivity contribution >= 4 is 23.7 Å². The number of hydrogen-bond donors (Lipinski definition) is 0. The van der Waals surface area contributed by atoms with Crippen molar-refractivity contribution in [3.8, 4) is 0 Å². The monoisotopic (exact) mass is 276 g/mol. The predicted molar refractivity (Wildman–Crippen MR) is 71.6 cm³/mol. The van der Waals surface area contributed by atoms with Crippen LogP contribution in [0.2, 0.25) is 0 Å². The Kier molecular flexibility index (Phi) is 2.67. The minimum absolute atomic E-state index is 0.192. The number of amidine groups is 1. The Labute approximate surface area is 117 Å². The van der Waals surface area contributed by atoms with E-state index >= 15 is 0 Å². The van der Waals surface area contributed by atoms with E-state index in [4.69, 9.17) is 0 Å². The summed E-state index contributed by atoms with van der Waals surface area (Å²) in [4.78, 5) is 32.1. The van der Waals surface area contributed by atoms with E-state index in [2.05, 4.69) is 4.99 Å². The molecule has 20 heavy (non-hydrogen) atoms. The van der Waals surface area contributed by atoms with Crippen LogP contribution in [0.4, 0.5) is 10.7 Å². The highest BCUT2D eigenvalue weighted by Crippen LogP contribution is 2.28. The highest BCUT2D eigenvalue weighted by atomic mass is 16.2. The van der Waals surface area contributed by atoms with E-state index in [1.165, 1.54) is 9.80 Å². The van der Waals surface area contributed by atoms with Gasteiger partial charge in [-0.05, 0) is 13.3 Å². The normalized spacial score (nSPS) is 21.2. The van der Waals surface area contributed by atoms with E-state index in [-0.39, 0.29) is 11.9 Å². The average molecular weight is 276 g/mol. The number of urea groups is 1. The number of hydrogen-bond acceptors (Lipinski definition) is 3. The van der Waals surface area contributed by atoms with Crippen LogP contribution >= 0.6 is 0 Å². The Hall–Kier alpha value is -2.18. The van der Waals surface area contributed by atoms with Gasteiger partial charge >= 0.3 is 12.0 Å². The fourth-order valence-corrected chi connectivity index (χ4v) is 2.73. The zero-order valence-corrected chi connectivity index (χ0v) is 12.1. The Morgan fingerprint density at radius 1 is 1.35 bits per heavy atom. The number of aryl methyl sites for hydroxylation is 1. The number of rotatable bonds is 2. The second-order valence-corrected chi connectivity index (χ2v) is 5.24. The maximum Gasteiger partial charge on any atom is 0.401 e. The van der Waals surface area contributed by atoms with Gasteiger partial charge in [-0.3, -0.25) is 14.6 Å². The maximum absolute atomic E-state index is 12.6. The first-order valence-electron chi connectivity index (χ1n) is 6.72. The highest BCUT2D eigenvalue weighted by Gasteiger charge is 2.52. The van der Waals surface area contributed by atoms with Gasteiger partial charge in [-0.25, -0.2) is 13.9 Å². The van der Waals surface area contributed by atoms with Gasteiger partial charge < -0.3 is 0 Å². The molecule has 7 heteroatoms. The number of amides is 3. The Bertz CT molecular complexity index is 645. The third-order valence-electron chi connectivity index (χ3n) is 3.93. The number of imidazole rings is 1. The zero-order chi connectivity index (χ0) is 14.6. The summed E-state index contributed by atoms with van der Waals surface area (Å²) in [5.41, 5.74) is 1.03. The third-order valence-corrected chi connectivity index (χ3v) is 3.93. The van der Waals surface area contributed by atoms with Gasteiger partial charge in [0.25, 0.3) is 5.91 Å². The van der Waals surface area contributed by atoms with Gasteiger partial charge in [-0.2, -0.15) is 0 Å². The van der Waals surface area contributed by atoms with Crippen molar-refractivity contribution in [2.24, 2.45) is 12.0 Å². The molecular formula is C13H18N5O2+. The Morgan fingerprint density at radius 3 is 2.70 bits per heavy atom. The molecule has 0 radical (unpaired) electrons. The lowest BCUT2D eigenvalue weighted by Gasteiger charge is -2.32. The molecule has 0 spiro atoms. The average Bonchev–Trinajstić information content (AvgIpc) is 2.91. The molecule has 1 aromatic rings. The van der Waals surface area contributed by atoms with Crippen LogP contribution in [0.3, 0.4) is 0 Å². The Morgan fingerprint density at radius 2 is 2.05 bits per heavy atom. The van der Waals surface area contributed by atoms with Crippen molar-refractivity contribution < 1.29 is 14.2 Å². The van der Waals surface area contributed by atoms with Gasteiger partial charge in [0.15, 0.2) is 0 Å². The van der Waals surface area contributed by atoms with Crippen LogP contribution in [0.1, 0.15) is 25.1 Å². The summed E-state index contributed by atoms with van der Waals surface area (Å²) in [5.74, 6) is 1.02. The molecule has 2 aliphatic rings. The molecule has 0 aliphatic carbocycles. The van der Waals surface area contributed by atoms with Gasteiger partial charge in [0.05, 0.1) is 7.05 Å². The number of carbonyl (C=O) groups excluding carboxylic acids is 2. The Balaban J connectivity index is 2.11. The molecule has 1 aromatic heterocycles. The quantitative estimate of drug-likeness (QED) is 0.739. The molecule has 3 heterocycles. The molecular weight excluding hydrogens is 258 g/mol. The molecule has 0 saturated carbocycles. The lowest BCUT2D eigenvalue weighted by molar-refractivity contribution is -0.677. The first kappa shape index (κ1) is 12.8. The van der Waals surface area contributed by atoms with E-state index in [1.54, 1.807) is 7.05 Å². The number of imide groups is 1. The molecule has 0 bridgehead atoms. The van der Waals surface area contributed by atoms with Gasteiger partial charge in [-0.15, -0.1) is 0 Å². The van der Waals surface area contributed by atoms with Crippen molar-refractivity contribution in [3.05, 3.63) is 11.9 Å². The standard InChI is InChI=1S/C13H18N5O2/c1-5-6-17-11(19)9-10(16(4)13(17)20)14-12-15(3)8(2)7-18(9)12/h7,9H,5-6H2,1-4H3/q+1. The first-order chi connectivity index (χ1) is 9.47. The summed E-state index contributed by atoms with van der Waals surface area (Å²) in [6, 6.07) is -0.809. The summed E-state index contributed by atoms with van der Waals surface area (Å²) < 4.78 is 3.76. The van der Waals surface area contributed by atoms with E-state index < -0.39 is 6.04 Å². The molecule has 106 valence electrons. The van der Waals surface area contributed by atoms with Crippen LogP contribution in [0, 0.1) is 6.92 Å². The van der Waals surface area contributed by atoms with Crippen LogP contribution in [0.5, 0.6) is 0 Å². The van der Waals surface area contributed by atoms with Crippen LogP contribution in [0.15, 0.2) is 11.2 Å².